The van der Waals surface area contributed by atoms with E-state index in [0.717, 1.165) is 0 Å². The minimum atomic E-state index is -3.56. The quantitative estimate of drug-likeness (QED) is 0.647. The van der Waals surface area contributed by atoms with Gasteiger partial charge in [0.1, 0.15) is 5.25 Å². The predicted molar refractivity (Wildman–Crippen MR) is 48.4 cm³/mol. The first kappa shape index (κ1) is 10.5. The summed E-state index contributed by atoms with van der Waals surface area (Å²) < 4.78 is 21.9. The molecule has 0 bridgehead atoms. The highest BCUT2D eigenvalue weighted by molar-refractivity contribution is 7.89. The molecule has 0 saturated carbocycles. The first-order valence-electron chi connectivity index (χ1n) is 4.13. The number of nitrogens with two attached hydrogens (primary N) is 1. The third-order valence-electron chi connectivity index (χ3n) is 2.21. The Morgan fingerprint density at radius 3 is 2.31 bits per heavy atom. The van der Waals surface area contributed by atoms with E-state index in [2.05, 4.69) is 0 Å². The van der Waals surface area contributed by atoms with Crippen LogP contribution in [0.4, 0.5) is 0 Å². The van der Waals surface area contributed by atoms with E-state index in [0.29, 0.717) is 0 Å². The fourth-order valence-electron chi connectivity index (χ4n) is 1.42. The fraction of sp³-hybridized carbons (Fsp3) is 0.857. The van der Waals surface area contributed by atoms with Crippen molar-refractivity contribution in [1.29, 1.82) is 0 Å². The lowest BCUT2D eigenvalue weighted by Crippen LogP contribution is -2.35. The van der Waals surface area contributed by atoms with Crippen molar-refractivity contribution in [1.82, 2.24) is 4.90 Å². The number of carbonyl (C=O) groups excluding carboxylic acids is 1. The molecule has 1 amide bonds. The second-order valence-corrected chi connectivity index (χ2v) is 5.40. The van der Waals surface area contributed by atoms with E-state index in [9.17, 15) is 13.2 Å². The first-order valence-corrected chi connectivity index (χ1v) is 5.74. The molecule has 0 aromatic heterocycles. The van der Waals surface area contributed by atoms with E-state index in [1.165, 1.54) is 4.90 Å². The Morgan fingerprint density at radius 1 is 1.54 bits per heavy atom. The van der Waals surface area contributed by atoms with Gasteiger partial charge in [0.25, 0.3) is 0 Å². The van der Waals surface area contributed by atoms with Crippen molar-refractivity contribution in [2.24, 2.45) is 5.14 Å². The lowest BCUT2D eigenvalue weighted by molar-refractivity contribution is -0.129. The van der Waals surface area contributed by atoms with Crippen molar-refractivity contribution < 1.29 is 13.2 Å². The molecule has 0 radical (unpaired) electrons. The van der Waals surface area contributed by atoms with Crippen LogP contribution in [0.1, 0.15) is 20.3 Å². The van der Waals surface area contributed by atoms with Crippen LogP contribution in [0, 0.1) is 0 Å². The molecule has 0 spiro atoms. The molecular formula is C7H14N2O3S. The third-order valence-corrected chi connectivity index (χ3v) is 3.46. The molecule has 1 aliphatic rings. The highest BCUT2D eigenvalue weighted by atomic mass is 32.2. The highest BCUT2D eigenvalue weighted by Gasteiger charge is 2.37. The summed E-state index contributed by atoms with van der Waals surface area (Å²) in [6, 6.07) is 0.0410. The van der Waals surface area contributed by atoms with Crippen LogP contribution in [0.25, 0.3) is 0 Å². The normalized spacial score (nSPS) is 24.5. The molecule has 0 aromatic rings. The molecule has 0 aliphatic carbocycles. The van der Waals surface area contributed by atoms with Crippen molar-refractivity contribution in [3.05, 3.63) is 0 Å². The van der Waals surface area contributed by atoms with Gasteiger partial charge in [0.2, 0.25) is 15.9 Å². The molecule has 1 fully saturated rings. The van der Waals surface area contributed by atoms with E-state index >= 15 is 0 Å². The zero-order valence-corrected chi connectivity index (χ0v) is 8.54. The first-order chi connectivity index (χ1) is 5.82. The molecule has 2 N–H and O–H groups in total. The number of nitrogens with zero attached hydrogens (tertiary/aromatic N) is 1. The number of likely N-dealkylation sites (tertiary alicyclic amines) is 1. The summed E-state index contributed by atoms with van der Waals surface area (Å²) >= 11 is 0. The van der Waals surface area contributed by atoms with Crippen LogP contribution in [0.5, 0.6) is 0 Å². The zero-order valence-electron chi connectivity index (χ0n) is 7.73. The Morgan fingerprint density at radius 2 is 2.08 bits per heavy atom. The predicted octanol–water partition coefficient (Wildman–Crippen LogP) is -0.716. The van der Waals surface area contributed by atoms with Crippen molar-refractivity contribution >= 4 is 15.9 Å². The molecule has 1 aliphatic heterocycles. The molecule has 5 nitrogen and oxygen atoms in total. The average Bonchev–Trinajstić information content (AvgIpc) is 2.29. The van der Waals surface area contributed by atoms with E-state index in [4.69, 9.17) is 5.14 Å². The third kappa shape index (κ3) is 2.19. The van der Waals surface area contributed by atoms with Gasteiger partial charge in [-0.05, 0) is 13.8 Å². The van der Waals surface area contributed by atoms with Gasteiger partial charge in [-0.1, -0.05) is 0 Å². The summed E-state index contributed by atoms with van der Waals surface area (Å²) in [7, 11) is -3.56. The van der Waals surface area contributed by atoms with Gasteiger partial charge < -0.3 is 4.90 Å². The van der Waals surface area contributed by atoms with Gasteiger partial charge in [0.05, 0.1) is 0 Å². The molecule has 0 aromatic carbocycles. The lowest BCUT2D eigenvalue weighted by atomic mass is 10.3. The maximum Gasteiger partial charge on any atom is 0.224 e. The van der Waals surface area contributed by atoms with Crippen molar-refractivity contribution in [3.8, 4) is 0 Å². The molecule has 1 heterocycles. The summed E-state index contributed by atoms with van der Waals surface area (Å²) in [6.07, 6.45) is 0.0248. The average molecular weight is 206 g/mol. The van der Waals surface area contributed by atoms with Crippen molar-refractivity contribution in [2.75, 3.05) is 6.54 Å². The minimum Gasteiger partial charge on any atom is -0.339 e. The number of rotatable bonds is 2. The van der Waals surface area contributed by atoms with Crippen LogP contribution in [-0.4, -0.2) is 37.1 Å². The van der Waals surface area contributed by atoms with E-state index in [1.54, 1.807) is 0 Å². The van der Waals surface area contributed by atoms with Gasteiger partial charge in [-0.2, -0.15) is 0 Å². The van der Waals surface area contributed by atoms with Gasteiger partial charge in [-0.3, -0.25) is 4.79 Å². The topological polar surface area (TPSA) is 80.5 Å². The Balaban J connectivity index is 2.77. The van der Waals surface area contributed by atoms with Gasteiger partial charge in [-0.15, -0.1) is 0 Å². The molecule has 1 atom stereocenters. The molecule has 1 rings (SSSR count). The SMILES string of the molecule is CC(C)N1CC(S(N)(=O)=O)CC1=O. The number of amides is 1. The minimum absolute atomic E-state index is 0.0248. The lowest BCUT2D eigenvalue weighted by Gasteiger charge is -2.20. The second kappa shape index (κ2) is 3.26. The van der Waals surface area contributed by atoms with Crippen LogP contribution in [0.15, 0.2) is 0 Å². The van der Waals surface area contributed by atoms with Crippen molar-refractivity contribution in [3.63, 3.8) is 0 Å². The molecule has 1 unspecified atom stereocenters. The smallest absolute Gasteiger partial charge is 0.224 e. The Hall–Kier alpha value is -0.620. The van der Waals surface area contributed by atoms with Crippen LogP contribution < -0.4 is 5.14 Å². The van der Waals surface area contributed by atoms with E-state index in [-0.39, 0.29) is 24.9 Å². The van der Waals surface area contributed by atoms with Crippen LogP contribution in [-0.2, 0) is 14.8 Å². The monoisotopic (exact) mass is 206 g/mol. The highest BCUT2D eigenvalue weighted by Crippen LogP contribution is 2.18. The standard InChI is InChI=1S/C7H14N2O3S/c1-5(2)9-4-6(3-7(9)10)13(8,11)12/h5-6H,3-4H2,1-2H3,(H2,8,11,12). The summed E-state index contributed by atoms with van der Waals surface area (Å²) in [5, 5.41) is 4.24. The van der Waals surface area contributed by atoms with E-state index in [1.807, 2.05) is 13.8 Å². The molecule has 1 saturated heterocycles. The summed E-state index contributed by atoms with van der Waals surface area (Å²) in [6.45, 7) is 3.93. The van der Waals surface area contributed by atoms with Crippen LogP contribution >= 0.6 is 0 Å². The second-order valence-electron chi connectivity index (χ2n) is 3.56. The Bertz CT molecular complexity index is 310. The zero-order chi connectivity index (χ0) is 10.2. The maximum absolute atomic E-state index is 11.3. The Labute approximate surface area is 77.9 Å². The molecule has 6 heteroatoms. The van der Waals surface area contributed by atoms with Crippen LogP contribution in [0.2, 0.25) is 0 Å². The number of carbonyl (C=O) groups is 1. The van der Waals surface area contributed by atoms with Gasteiger partial charge >= 0.3 is 0 Å². The maximum atomic E-state index is 11.3. The number of hydrogen-bond acceptors (Lipinski definition) is 3. The number of sulfonamides is 1. The molecular weight excluding hydrogens is 192 g/mol. The number of hydrogen-bond donors (Lipinski definition) is 1. The Kier molecular flexibility index (Phi) is 2.63. The summed E-state index contributed by atoms with van der Waals surface area (Å²) in [5.41, 5.74) is 0. The molecule has 13 heavy (non-hydrogen) atoms. The fourth-order valence-corrected chi connectivity index (χ4v) is 2.16. The van der Waals surface area contributed by atoms with Gasteiger partial charge in [-0.25, -0.2) is 13.6 Å². The number of primary sulfonamides is 1. The van der Waals surface area contributed by atoms with Gasteiger partial charge in [0, 0.05) is 19.0 Å². The van der Waals surface area contributed by atoms with Gasteiger partial charge in [0.15, 0.2) is 0 Å². The van der Waals surface area contributed by atoms with E-state index < -0.39 is 15.3 Å². The summed E-state index contributed by atoms with van der Waals surface area (Å²) in [5.74, 6) is -0.131. The largest absolute Gasteiger partial charge is 0.339 e. The summed E-state index contributed by atoms with van der Waals surface area (Å²) in [4.78, 5) is 12.8. The molecule has 76 valence electrons. The van der Waals surface area contributed by atoms with Crippen molar-refractivity contribution in [2.45, 2.75) is 31.6 Å². The van der Waals surface area contributed by atoms with Crippen LogP contribution in [0.3, 0.4) is 0 Å².